The summed E-state index contributed by atoms with van der Waals surface area (Å²) in [4.78, 5) is 13.3. The lowest BCUT2D eigenvalue weighted by Crippen LogP contribution is -2.46. The zero-order valence-electron chi connectivity index (χ0n) is 8.83. The van der Waals surface area contributed by atoms with E-state index >= 15 is 0 Å². The number of hydrogen-bond acceptors (Lipinski definition) is 2. The van der Waals surface area contributed by atoms with Gasteiger partial charge in [-0.1, -0.05) is 6.08 Å². The zero-order chi connectivity index (χ0) is 10.6. The average Bonchev–Trinajstić information content (AvgIpc) is 2.15. The fourth-order valence-electron chi connectivity index (χ4n) is 1.98. The first kappa shape index (κ1) is 11.2. The first-order valence-electron chi connectivity index (χ1n) is 5.15. The maximum Gasteiger partial charge on any atom is 0.310 e. The van der Waals surface area contributed by atoms with Crippen LogP contribution >= 0.6 is 0 Å². The SMILES string of the molecule is C=CCCN1CCCC(C)(C(=O)O)C1. The summed E-state index contributed by atoms with van der Waals surface area (Å²) in [6.07, 6.45) is 4.61. The van der Waals surface area contributed by atoms with Crippen molar-refractivity contribution < 1.29 is 9.90 Å². The second-order valence-corrected chi connectivity index (χ2v) is 4.32. The number of likely N-dealkylation sites (tertiary alicyclic amines) is 1. The van der Waals surface area contributed by atoms with Gasteiger partial charge in [-0.15, -0.1) is 6.58 Å². The van der Waals surface area contributed by atoms with Crippen molar-refractivity contribution in [3.8, 4) is 0 Å². The van der Waals surface area contributed by atoms with E-state index in [0.717, 1.165) is 32.4 Å². The van der Waals surface area contributed by atoms with Crippen LogP contribution in [-0.4, -0.2) is 35.6 Å². The monoisotopic (exact) mass is 197 g/mol. The summed E-state index contributed by atoms with van der Waals surface area (Å²) in [5.41, 5.74) is -0.542. The molecule has 1 unspecified atom stereocenters. The third kappa shape index (κ3) is 2.58. The lowest BCUT2D eigenvalue weighted by molar-refractivity contribution is -0.151. The molecule has 1 N–H and O–H groups in total. The summed E-state index contributed by atoms with van der Waals surface area (Å²) in [5.74, 6) is -0.666. The number of hydrogen-bond donors (Lipinski definition) is 1. The van der Waals surface area contributed by atoms with Gasteiger partial charge in [0.1, 0.15) is 0 Å². The molecule has 3 heteroatoms. The van der Waals surface area contributed by atoms with E-state index in [-0.39, 0.29) is 0 Å². The Balaban J connectivity index is 2.50. The molecule has 0 radical (unpaired) electrons. The van der Waals surface area contributed by atoms with Crippen molar-refractivity contribution >= 4 is 5.97 Å². The van der Waals surface area contributed by atoms with Crippen molar-refractivity contribution in [2.24, 2.45) is 5.41 Å². The van der Waals surface area contributed by atoms with Crippen LogP contribution < -0.4 is 0 Å². The fraction of sp³-hybridized carbons (Fsp3) is 0.727. The van der Waals surface area contributed by atoms with E-state index in [1.54, 1.807) is 0 Å². The minimum absolute atomic E-state index is 0.542. The van der Waals surface area contributed by atoms with Gasteiger partial charge in [0.2, 0.25) is 0 Å². The molecule has 0 aliphatic carbocycles. The van der Waals surface area contributed by atoms with Gasteiger partial charge in [-0.2, -0.15) is 0 Å². The molecule has 80 valence electrons. The van der Waals surface area contributed by atoms with Gasteiger partial charge in [0.05, 0.1) is 5.41 Å². The molecule has 14 heavy (non-hydrogen) atoms. The minimum atomic E-state index is -0.666. The molecule has 1 heterocycles. The Morgan fingerprint density at radius 2 is 2.43 bits per heavy atom. The molecule has 1 fully saturated rings. The number of carbonyl (C=O) groups is 1. The van der Waals surface area contributed by atoms with Crippen molar-refractivity contribution in [3.05, 3.63) is 12.7 Å². The zero-order valence-corrected chi connectivity index (χ0v) is 8.83. The maximum atomic E-state index is 11.0. The third-order valence-corrected chi connectivity index (χ3v) is 2.94. The number of aliphatic carboxylic acids is 1. The molecule has 0 bridgehead atoms. The van der Waals surface area contributed by atoms with Crippen LogP contribution in [0.15, 0.2) is 12.7 Å². The minimum Gasteiger partial charge on any atom is -0.481 e. The number of nitrogens with zero attached hydrogens (tertiary/aromatic N) is 1. The smallest absolute Gasteiger partial charge is 0.310 e. The van der Waals surface area contributed by atoms with Crippen LogP contribution in [0.25, 0.3) is 0 Å². The van der Waals surface area contributed by atoms with E-state index in [9.17, 15) is 4.79 Å². The Labute approximate surface area is 85.4 Å². The lowest BCUT2D eigenvalue weighted by Gasteiger charge is -2.37. The van der Waals surface area contributed by atoms with E-state index in [4.69, 9.17) is 5.11 Å². The van der Waals surface area contributed by atoms with Crippen LogP contribution in [0.5, 0.6) is 0 Å². The molecule has 0 saturated carbocycles. The van der Waals surface area contributed by atoms with E-state index in [0.29, 0.717) is 6.54 Å². The maximum absolute atomic E-state index is 11.0. The summed E-state index contributed by atoms with van der Waals surface area (Å²) >= 11 is 0. The molecular weight excluding hydrogens is 178 g/mol. The summed E-state index contributed by atoms with van der Waals surface area (Å²) in [6.45, 7) is 8.15. The Morgan fingerprint density at radius 1 is 1.71 bits per heavy atom. The summed E-state index contributed by atoms with van der Waals surface area (Å²) < 4.78 is 0. The number of carboxylic acids is 1. The van der Waals surface area contributed by atoms with Crippen molar-refractivity contribution in [3.63, 3.8) is 0 Å². The first-order valence-corrected chi connectivity index (χ1v) is 5.15. The van der Waals surface area contributed by atoms with Gasteiger partial charge in [-0.25, -0.2) is 0 Å². The van der Waals surface area contributed by atoms with Crippen molar-refractivity contribution in [1.29, 1.82) is 0 Å². The lowest BCUT2D eigenvalue weighted by atomic mass is 9.82. The van der Waals surface area contributed by atoms with Gasteiger partial charge in [-0.05, 0) is 32.7 Å². The van der Waals surface area contributed by atoms with Crippen molar-refractivity contribution in [2.75, 3.05) is 19.6 Å². The molecule has 0 aromatic heterocycles. The molecule has 0 spiro atoms. The standard InChI is InChI=1S/C11H19NO2/c1-3-4-7-12-8-5-6-11(2,9-12)10(13)14/h3H,1,4-9H2,2H3,(H,13,14). The molecule has 1 aliphatic heterocycles. The molecular formula is C11H19NO2. The average molecular weight is 197 g/mol. The van der Waals surface area contributed by atoms with Crippen LogP contribution in [0.3, 0.4) is 0 Å². The fourth-order valence-corrected chi connectivity index (χ4v) is 1.98. The molecule has 0 aromatic carbocycles. The highest BCUT2D eigenvalue weighted by Gasteiger charge is 2.37. The highest BCUT2D eigenvalue weighted by atomic mass is 16.4. The summed E-state index contributed by atoms with van der Waals surface area (Å²) in [7, 11) is 0. The number of carboxylic acid groups (broad SMARTS) is 1. The first-order chi connectivity index (χ1) is 6.58. The van der Waals surface area contributed by atoms with Gasteiger partial charge >= 0.3 is 5.97 Å². The quantitative estimate of drug-likeness (QED) is 0.698. The second-order valence-electron chi connectivity index (χ2n) is 4.32. The predicted octanol–water partition coefficient (Wildman–Crippen LogP) is 1.75. The Morgan fingerprint density at radius 3 is 3.00 bits per heavy atom. The normalized spacial score (nSPS) is 28.6. The highest BCUT2D eigenvalue weighted by molar-refractivity contribution is 5.74. The van der Waals surface area contributed by atoms with E-state index in [1.807, 2.05) is 13.0 Å². The van der Waals surface area contributed by atoms with Gasteiger partial charge in [-0.3, -0.25) is 4.79 Å². The van der Waals surface area contributed by atoms with E-state index < -0.39 is 11.4 Å². The van der Waals surface area contributed by atoms with E-state index in [1.165, 1.54) is 0 Å². The van der Waals surface area contributed by atoms with Crippen molar-refractivity contribution in [1.82, 2.24) is 4.90 Å². The predicted molar refractivity (Wildman–Crippen MR) is 56.2 cm³/mol. The Bertz CT molecular complexity index is 227. The molecule has 1 saturated heterocycles. The van der Waals surface area contributed by atoms with Crippen LogP contribution in [-0.2, 0) is 4.79 Å². The number of rotatable bonds is 4. The Kier molecular flexibility index (Phi) is 3.69. The third-order valence-electron chi connectivity index (χ3n) is 2.94. The Hall–Kier alpha value is -0.830. The molecule has 1 atom stereocenters. The molecule has 0 amide bonds. The molecule has 1 aliphatic rings. The van der Waals surface area contributed by atoms with Crippen LogP contribution in [0, 0.1) is 5.41 Å². The molecule has 0 aromatic rings. The van der Waals surface area contributed by atoms with E-state index in [2.05, 4.69) is 11.5 Å². The summed E-state index contributed by atoms with van der Waals surface area (Å²) in [5, 5.41) is 9.09. The largest absolute Gasteiger partial charge is 0.481 e. The topological polar surface area (TPSA) is 40.5 Å². The van der Waals surface area contributed by atoms with Gasteiger partial charge in [0.25, 0.3) is 0 Å². The van der Waals surface area contributed by atoms with Crippen LogP contribution in [0.1, 0.15) is 26.2 Å². The summed E-state index contributed by atoms with van der Waals surface area (Å²) in [6, 6.07) is 0. The molecule has 3 nitrogen and oxygen atoms in total. The van der Waals surface area contributed by atoms with Crippen LogP contribution in [0.2, 0.25) is 0 Å². The second kappa shape index (κ2) is 4.60. The highest BCUT2D eigenvalue weighted by Crippen LogP contribution is 2.29. The molecule has 1 rings (SSSR count). The van der Waals surface area contributed by atoms with Gasteiger partial charge in [0.15, 0.2) is 0 Å². The van der Waals surface area contributed by atoms with Crippen LogP contribution in [0.4, 0.5) is 0 Å². The van der Waals surface area contributed by atoms with Gasteiger partial charge in [0, 0.05) is 13.1 Å². The number of piperidine rings is 1. The van der Waals surface area contributed by atoms with Crippen molar-refractivity contribution in [2.45, 2.75) is 26.2 Å². The van der Waals surface area contributed by atoms with Gasteiger partial charge < -0.3 is 10.0 Å².